The number of hydrogen-bond donors (Lipinski definition) is 1. The number of carbonyl (C=O) groups excluding carboxylic acids is 2. The number of benzene rings is 2. The molecule has 1 N–H and O–H groups in total. The number of para-hydroxylation sites is 1. The number of amides is 1. The van der Waals surface area contributed by atoms with E-state index in [0.717, 1.165) is 37.3 Å². The minimum atomic E-state index is -0.552. The number of esters is 1. The molecule has 1 aliphatic rings. The van der Waals surface area contributed by atoms with Crippen LogP contribution in [0.15, 0.2) is 54.6 Å². The molecule has 1 amide bonds. The van der Waals surface area contributed by atoms with Gasteiger partial charge in [-0.05, 0) is 49.2 Å². The van der Waals surface area contributed by atoms with Crippen molar-refractivity contribution in [3.05, 3.63) is 54.6 Å². The standard InChI is InChI=1S/C20H22N2O4/c23-19(22-12-4-5-13-22)14-26-20(24)15-25-18-10-8-17(9-11-18)21-16-6-2-1-3-7-16/h1-3,6-11,21H,4-5,12-15H2. The number of ether oxygens (including phenoxy) is 2. The van der Waals surface area contributed by atoms with Crippen LogP contribution in [-0.2, 0) is 14.3 Å². The lowest BCUT2D eigenvalue weighted by Gasteiger charge is -2.15. The predicted octanol–water partition coefficient (Wildman–Crippen LogP) is 2.97. The Kier molecular flexibility index (Phi) is 6.09. The van der Waals surface area contributed by atoms with Crippen LogP contribution in [0.3, 0.4) is 0 Å². The quantitative estimate of drug-likeness (QED) is 0.774. The van der Waals surface area contributed by atoms with Crippen LogP contribution in [0.2, 0.25) is 0 Å². The molecule has 1 aliphatic heterocycles. The largest absolute Gasteiger partial charge is 0.482 e. The lowest BCUT2D eigenvalue weighted by molar-refractivity contribution is -0.153. The summed E-state index contributed by atoms with van der Waals surface area (Å²) in [4.78, 5) is 25.2. The minimum absolute atomic E-state index is 0.146. The molecule has 0 aliphatic carbocycles. The summed E-state index contributed by atoms with van der Waals surface area (Å²) in [5.74, 6) is -0.136. The highest BCUT2D eigenvalue weighted by atomic mass is 16.6. The van der Waals surface area contributed by atoms with E-state index in [1.807, 2.05) is 42.5 Å². The normalized spacial score (nSPS) is 13.3. The van der Waals surface area contributed by atoms with Crippen molar-refractivity contribution in [2.45, 2.75) is 12.8 Å². The van der Waals surface area contributed by atoms with Crippen LogP contribution in [-0.4, -0.2) is 43.1 Å². The van der Waals surface area contributed by atoms with E-state index in [9.17, 15) is 9.59 Å². The van der Waals surface area contributed by atoms with Crippen molar-refractivity contribution < 1.29 is 19.1 Å². The number of anilines is 2. The van der Waals surface area contributed by atoms with E-state index >= 15 is 0 Å². The van der Waals surface area contributed by atoms with Crippen molar-refractivity contribution in [3.8, 4) is 5.75 Å². The summed E-state index contributed by atoms with van der Waals surface area (Å²) in [6.45, 7) is 1.05. The number of carbonyl (C=O) groups is 2. The summed E-state index contributed by atoms with van der Waals surface area (Å²) in [5.41, 5.74) is 1.91. The van der Waals surface area contributed by atoms with Gasteiger partial charge in [-0.2, -0.15) is 0 Å². The molecule has 0 radical (unpaired) electrons. The molecule has 136 valence electrons. The number of nitrogens with one attached hydrogen (secondary N) is 1. The van der Waals surface area contributed by atoms with Gasteiger partial charge in [0, 0.05) is 24.5 Å². The molecule has 0 aromatic heterocycles. The third-order valence-corrected chi connectivity index (χ3v) is 4.09. The molecule has 0 atom stereocenters. The molecule has 2 aromatic carbocycles. The first-order valence-electron chi connectivity index (χ1n) is 8.69. The zero-order valence-corrected chi connectivity index (χ0v) is 14.5. The molecule has 0 spiro atoms. The van der Waals surface area contributed by atoms with E-state index in [1.165, 1.54) is 0 Å². The maximum atomic E-state index is 11.8. The third kappa shape index (κ3) is 5.24. The molecule has 26 heavy (non-hydrogen) atoms. The highest BCUT2D eigenvalue weighted by Crippen LogP contribution is 2.19. The van der Waals surface area contributed by atoms with Gasteiger partial charge in [-0.1, -0.05) is 18.2 Å². The fraction of sp³-hybridized carbons (Fsp3) is 0.300. The first-order chi connectivity index (χ1) is 12.7. The van der Waals surface area contributed by atoms with Crippen LogP contribution in [0.4, 0.5) is 11.4 Å². The molecule has 0 saturated carbocycles. The van der Waals surface area contributed by atoms with E-state index in [4.69, 9.17) is 9.47 Å². The van der Waals surface area contributed by atoms with Gasteiger partial charge in [-0.25, -0.2) is 4.79 Å². The van der Waals surface area contributed by atoms with Crippen molar-refractivity contribution in [3.63, 3.8) is 0 Å². The van der Waals surface area contributed by atoms with Crippen LogP contribution < -0.4 is 10.1 Å². The molecular weight excluding hydrogens is 332 g/mol. The molecule has 6 heteroatoms. The third-order valence-electron chi connectivity index (χ3n) is 4.09. The molecule has 1 fully saturated rings. The zero-order valence-electron chi connectivity index (χ0n) is 14.5. The Labute approximate surface area is 152 Å². The summed E-state index contributed by atoms with van der Waals surface area (Å²) in [6.07, 6.45) is 2.02. The molecule has 0 bridgehead atoms. The number of likely N-dealkylation sites (tertiary alicyclic amines) is 1. The summed E-state index contributed by atoms with van der Waals surface area (Å²) in [7, 11) is 0. The second-order valence-electron chi connectivity index (χ2n) is 6.05. The molecule has 2 aromatic rings. The Morgan fingerprint density at radius 1 is 0.885 bits per heavy atom. The van der Waals surface area contributed by atoms with E-state index in [-0.39, 0.29) is 19.1 Å². The molecule has 3 rings (SSSR count). The van der Waals surface area contributed by atoms with Crippen LogP contribution in [0.1, 0.15) is 12.8 Å². The Bertz CT molecular complexity index is 725. The van der Waals surface area contributed by atoms with Crippen molar-refractivity contribution in [1.82, 2.24) is 4.90 Å². The van der Waals surface area contributed by atoms with Crippen molar-refractivity contribution in [2.75, 3.05) is 31.6 Å². The molecule has 0 unspecified atom stereocenters. The Morgan fingerprint density at radius 2 is 1.54 bits per heavy atom. The van der Waals surface area contributed by atoms with E-state index in [0.29, 0.717) is 5.75 Å². The number of hydrogen-bond acceptors (Lipinski definition) is 5. The highest BCUT2D eigenvalue weighted by molar-refractivity contribution is 5.81. The predicted molar refractivity (Wildman–Crippen MR) is 98.4 cm³/mol. The molecular formula is C20H22N2O4. The second kappa shape index (κ2) is 8.89. The topological polar surface area (TPSA) is 67.9 Å². The summed E-state index contributed by atoms with van der Waals surface area (Å²) >= 11 is 0. The van der Waals surface area contributed by atoms with E-state index in [2.05, 4.69) is 5.32 Å². The van der Waals surface area contributed by atoms with Gasteiger partial charge >= 0.3 is 5.97 Å². The van der Waals surface area contributed by atoms with Crippen molar-refractivity contribution in [1.29, 1.82) is 0 Å². The van der Waals surface area contributed by atoms with Crippen molar-refractivity contribution in [2.24, 2.45) is 0 Å². The maximum Gasteiger partial charge on any atom is 0.344 e. The molecule has 1 heterocycles. The van der Waals surface area contributed by atoms with Gasteiger partial charge < -0.3 is 19.7 Å². The second-order valence-corrected chi connectivity index (χ2v) is 6.05. The lowest BCUT2D eigenvalue weighted by atomic mass is 10.2. The van der Waals surface area contributed by atoms with Gasteiger partial charge in [0.15, 0.2) is 13.2 Å². The fourth-order valence-corrected chi connectivity index (χ4v) is 2.71. The smallest absolute Gasteiger partial charge is 0.344 e. The SMILES string of the molecule is O=C(COc1ccc(Nc2ccccc2)cc1)OCC(=O)N1CCCC1. The fourth-order valence-electron chi connectivity index (χ4n) is 2.71. The van der Waals surface area contributed by atoms with Gasteiger partial charge in [0.05, 0.1) is 0 Å². The first-order valence-corrected chi connectivity index (χ1v) is 8.69. The van der Waals surface area contributed by atoms with Crippen LogP contribution >= 0.6 is 0 Å². The Balaban J connectivity index is 1.40. The summed E-state index contributed by atoms with van der Waals surface area (Å²) < 4.78 is 10.4. The maximum absolute atomic E-state index is 11.8. The van der Waals surface area contributed by atoms with Crippen LogP contribution in [0.5, 0.6) is 5.75 Å². The van der Waals surface area contributed by atoms with Gasteiger partial charge in [-0.3, -0.25) is 4.79 Å². The van der Waals surface area contributed by atoms with E-state index < -0.39 is 5.97 Å². The Hall–Kier alpha value is -3.02. The number of nitrogens with zero attached hydrogens (tertiary/aromatic N) is 1. The highest BCUT2D eigenvalue weighted by Gasteiger charge is 2.19. The van der Waals surface area contributed by atoms with Crippen molar-refractivity contribution >= 4 is 23.3 Å². The minimum Gasteiger partial charge on any atom is -0.482 e. The molecule has 6 nitrogen and oxygen atoms in total. The average molecular weight is 354 g/mol. The van der Waals surface area contributed by atoms with Gasteiger partial charge in [0.1, 0.15) is 5.75 Å². The summed E-state index contributed by atoms with van der Waals surface area (Å²) in [5, 5.41) is 3.27. The number of rotatable bonds is 7. The first kappa shape index (κ1) is 17.8. The van der Waals surface area contributed by atoms with E-state index in [1.54, 1.807) is 17.0 Å². The zero-order chi connectivity index (χ0) is 18.2. The van der Waals surface area contributed by atoms with Gasteiger partial charge in [0.2, 0.25) is 0 Å². The van der Waals surface area contributed by atoms with Gasteiger partial charge in [0.25, 0.3) is 5.91 Å². The van der Waals surface area contributed by atoms with Gasteiger partial charge in [-0.15, -0.1) is 0 Å². The monoisotopic (exact) mass is 354 g/mol. The lowest BCUT2D eigenvalue weighted by Crippen LogP contribution is -2.32. The Morgan fingerprint density at radius 3 is 2.23 bits per heavy atom. The average Bonchev–Trinajstić information content (AvgIpc) is 3.21. The van der Waals surface area contributed by atoms with Crippen LogP contribution in [0, 0.1) is 0 Å². The van der Waals surface area contributed by atoms with Crippen LogP contribution in [0.25, 0.3) is 0 Å². The molecule has 1 saturated heterocycles. The summed E-state index contributed by atoms with van der Waals surface area (Å²) in [6, 6.07) is 17.1.